The lowest BCUT2D eigenvalue weighted by Gasteiger charge is -2.25. The molecule has 0 unspecified atom stereocenters. The quantitative estimate of drug-likeness (QED) is 0.462. The van der Waals surface area contributed by atoms with Gasteiger partial charge in [-0.3, -0.25) is 9.98 Å². The second kappa shape index (κ2) is 9.23. The van der Waals surface area contributed by atoms with Crippen molar-refractivity contribution in [3.8, 4) is 0 Å². The predicted octanol–water partition coefficient (Wildman–Crippen LogP) is 7.15. The first kappa shape index (κ1) is 19.7. The highest BCUT2D eigenvalue weighted by atomic mass is 35.5. The van der Waals surface area contributed by atoms with Crippen LogP contribution in [-0.2, 0) is 0 Å². The summed E-state index contributed by atoms with van der Waals surface area (Å²) in [6.45, 7) is 0. The standard InChI is InChI=1S/C20H18Cl4N2/c21-15-5-13(6-16(22)9-15)11-25-19-3-1-2-4-20(19)26-12-14-7-17(23)10-18(24)8-14/h5-12,19-20H,1-4H2/t19-,20-/m1/s1. The zero-order chi connectivity index (χ0) is 18.5. The van der Waals surface area contributed by atoms with Crippen LogP contribution in [-0.4, -0.2) is 24.5 Å². The molecule has 1 fully saturated rings. The van der Waals surface area contributed by atoms with Gasteiger partial charge in [-0.2, -0.15) is 0 Å². The molecule has 2 aromatic rings. The van der Waals surface area contributed by atoms with Crippen LogP contribution in [0.2, 0.25) is 20.1 Å². The molecule has 1 aliphatic carbocycles. The maximum Gasteiger partial charge on any atom is 0.0723 e. The minimum absolute atomic E-state index is 0.146. The molecule has 2 nitrogen and oxygen atoms in total. The molecule has 136 valence electrons. The third-order valence-electron chi connectivity index (χ3n) is 4.29. The minimum Gasteiger partial charge on any atom is -0.287 e. The molecule has 0 aromatic heterocycles. The van der Waals surface area contributed by atoms with Gasteiger partial charge in [-0.15, -0.1) is 0 Å². The van der Waals surface area contributed by atoms with E-state index in [4.69, 9.17) is 56.4 Å². The molecule has 0 saturated heterocycles. The molecule has 0 N–H and O–H groups in total. The zero-order valence-electron chi connectivity index (χ0n) is 14.0. The van der Waals surface area contributed by atoms with Gasteiger partial charge in [0.15, 0.2) is 0 Å². The number of halogens is 4. The van der Waals surface area contributed by atoms with Gasteiger partial charge in [0.05, 0.1) is 12.1 Å². The van der Waals surface area contributed by atoms with Crippen LogP contribution < -0.4 is 0 Å². The van der Waals surface area contributed by atoms with Crippen molar-refractivity contribution in [2.75, 3.05) is 0 Å². The van der Waals surface area contributed by atoms with Crippen LogP contribution in [0.15, 0.2) is 46.4 Å². The summed E-state index contributed by atoms with van der Waals surface area (Å²) in [6, 6.07) is 11.1. The Bertz CT molecular complexity index is 723. The third-order valence-corrected chi connectivity index (χ3v) is 5.17. The van der Waals surface area contributed by atoms with E-state index in [1.807, 2.05) is 36.7 Å². The van der Waals surface area contributed by atoms with Crippen molar-refractivity contribution in [3.63, 3.8) is 0 Å². The maximum atomic E-state index is 6.05. The fourth-order valence-corrected chi connectivity index (χ4v) is 4.19. The van der Waals surface area contributed by atoms with E-state index >= 15 is 0 Å². The molecule has 0 radical (unpaired) electrons. The van der Waals surface area contributed by atoms with Crippen LogP contribution in [0.4, 0.5) is 0 Å². The van der Waals surface area contributed by atoms with Crippen LogP contribution in [0.25, 0.3) is 0 Å². The molecule has 2 aromatic carbocycles. The summed E-state index contributed by atoms with van der Waals surface area (Å²) in [6.07, 6.45) is 8.03. The Labute approximate surface area is 173 Å². The first-order chi connectivity index (χ1) is 12.5. The monoisotopic (exact) mass is 426 g/mol. The van der Waals surface area contributed by atoms with E-state index < -0.39 is 0 Å². The highest BCUT2D eigenvalue weighted by molar-refractivity contribution is 6.35. The topological polar surface area (TPSA) is 24.7 Å². The fraction of sp³-hybridized carbons (Fsp3) is 0.300. The lowest BCUT2D eigenvalue weighted by atomic mass is 9.91. The lowest BCUT2D eigenvalue weighted by molar-refractivity contribution is 0.390. The largest absolute Gasteiger partial charge is 0.287 e. The van der Waals surface area contributed by atoms with Gasteiger partial charge in [0.2, 0.25) is 0 Å². The van der Waals surface area contributed by atoms with Crippen molar-refractivity contribution in [1.29, 1.82) is 0 Å². The summed E-state index contributed by atoms with van der Waals surface area (Å²) in [5.74, 6) is 0. The van der Waals surface area contributed by atoms with E-state index in [1.54, 1.807) is 12.1 Å². The molecule has 6 heteroatoms. The Morgan fingerprint density at radius 3 is 1.31 bits per heavy atom. The van der Waals surface area contributed by atoms with Crippen molar-refractivity contribution in [1.82, 2.24) is 0 Å². The Morgan fingerprint density at radius 1 is 0.615 bits per heavy atom. The number of nitrogens with zero attached hydrogens (tertiary/aromatic N) is 2. The van der Waals surface area contributed by atoms with Gasteiger partial charge in [0.25, 0.3) is 0 Å². The molecule has 0 amide bonds. The summed E-state index contributed by atoms with van der Waals surface area (Å²) in [4.78, 5) is 9.51. The Morgan fingerprint density at radius 2 is 0.962 bits per heavy atom. The second-order valence-electron chi connectivity index (χ2n) is 6.38. The molecular weight excluding hydrogens is 410 g/mol. The molecule has 0 bridgehead atoms. The molecule has 2 atom stereocenters. The van der Waals surface area contributed by atoms with Crippen molar-refractivity contribution in [2.45, 2.75) is 37.8 Å². The van der Waals surface area contributed by atoms with Crippen molar-refractivity contribution < 1.29 is 0 Å². The average molecular weight is 428 g/mol. The SMILES string of the molecule is Clc1cc(Cl)cc(C=N[C@@H]2CCCC[C@H]2N=Cc2cc(Cl)cc(Cl)c2)c1. The van der Waals surface area contributed by atoms with E-state index in [0.717, 1.165) is 36.8 Å². The van der Waals surface area contributed by atoms with Crippen LogP contribution >= 0.6 is 46.4 Å². The number of benzene rings is 2. The van der Waals surface area contributed by atoms with Gasteiger partial charge in [-0.25, -0.2) is 0 Å². The minimum atomic E-state index is 0.146. The van der Waals surface area contributed by atoms with Gasteiger partial charge in [0, 0.05) is 32.5 Å². The Hall–Kier alpha value is -1.06. The summed E-state index contributed by atoms with van der Waals surface area (Å²) >= 11 is 24.2. The van der Waals surface area contributed by atoms with E-state index in [9.17, 15) is 0 Å². The summed E-state index contributed by atoms with van der Waals surface area (Å²) in [7, 11) is 0. The van der Waals surface area contributed by atoms with Gasteiger partial charge in [-0.05, 0) is 60.4 Å². The summed E-state index contributed by atoms with van der Waals surface area (Å²) < 4.78 is 0. The molecule has 1 saturated carbocycles. The van der Waals surface area contributed by atoms with Crippen LogP contribution in [0.3, 0.4) is 0 Å². The van der Waals surface area contributed by atoms with E-state index in [2.05, 4.69) is 0 Å². The van der Waals surface area contributed by atoms with Crippen LogP contribution in [0, 0.1) is 0 Å². The predicted molar refractivity (Wildman–Crippen MR) is 114 cm³/mol. The first-order valence-electron chi connectivity index (χ1n) is 8.48. The zero-order valence-corrected chi connectivity index (χ0v) is 17.0. The smallest absolute Gasteiger partial charge is 0.0723 e. The van der Waals surface area contributed by atoms with E-state index in [0.29, 0.717) is 20.1 Å². The Kier molecular flexibility index (Phi) is 6.99. The maximum absolute atomic E-state index is 6.05. The van der Waals surface area contributed by atoms with E-state index in [-0.39, 0.29) is 12.1 Å². The summed E-state index contributed by atoms with van der Waals surface area (Å²) in [5.41, 5.74) is 1.80. The highest BCUT2D eigenvalue weighted by Gasteiger charge is 2.23. The van der Waals surface area contributed by atoms with Crippen molar-refractivity contribution in [2.24, 2.45) is 9.98 Å². The van der Waals surface area contributed by atoms with E-state index in [1.165, 1.54) is 0 Å². The van der Waals surface area contributed by atoms with Crippen LogP contribution in [0.1, 0.15) is 36.8 Å². The lowest BCUT2D eigenvalue weighted by Crippen LogP contribution is -2.27. The number of aliphatic imine (C=N–C) groups is 2. The highest BCUT2D eigenvalue weighted by Crippen LogP contribution is 2.25. The van der Waals surface area contributed by atoms with Gasteiger partial charge in [-0.1, -0.05) is 59.2 Å². The number of rotatable bonds is 4. The normalized spacial score (nSPS) is 20.9. The molecule has 0 heterocycles. The van der Waals surface area contributed by atoms with Crippen molar-refractivity contribution >= 4 is 58.8 Å². The fourth-order valence-electron chi connectivity index (χ4n) is 3.10. The number of hydrogen-bond donors (Lipinski definition) is 0. The molecule has 0 spiro atoms. The molecule has 3 rings (SSSR count). The third kappa shape index (κ3) is 5.72. The van der Waals surface area contributed by atoms with Gasteiger partial charge < -0.3 is 0 Å². The van der Waals surface area contributed by atoms with Gasteiger partial charge >= 0.3 is 0 Å². The molecule has 1 aliphatic rings. The van der Waals surface area contributed by atoms with Gasteiger partial charge in [0.1, 0.15) is 0 Å². The van der Waals surface area contributed by atoms with Crippen LogP contribution in [0.5, 0.6) is 0 Å². The molecule has 26 heavy (non-hydrogen) atoms. The second-order valence-corrected chi connectivity index (χ2v) is 8.13. The molecule has 0 aliphatic heterocycles. The first-order valence-corrected chi connectivity index (χ1v) is 9.99. The Balaban J connectivity index is 1.75. The average Bonchev–Trinajstić information content (AvgIpc) is 2.57. The summed E-state index contributed by atoms with van der Waals surface area (Å²) in [5, 5.41) is 2.43. The number of hydrogen-bond acceptors (Lipinski definition) is 2. The molecular formula is C20H18Cl4N2. The van der Waals surface area contributed by atoms with Crippen molar-refractivity contribution in [3.05, 3.63) is 67.6 Å².